The van der Waals surface area contributed by atoms with E-state index in [1.807, 2.05) is 13.8 Å². The summed E-state index contributed by atoms with van der Waals surface area (Å²) in [5, 5.41) is 24.4. The number of carbonyl (C=O) groups is 5. The van der Waals surface area contributed by atoms with Crippen LogP contribution in [0.25, 0.3) is 22.1 Å². The number of aromatic nitrogens is 8. The van der Waals surface area contributed by atoms with Crippen molar-refractivity contribution in [2.75, 3.05) is 30.3 Å². The fourth-order valence-electron chi connectivity index (χ4n) is 6.38. The van der Waals surface area contributed by atoms with Gasteiger partial charge in [-0.15, -0.1) is 0 Å². The maximum atomic E-state index is 13.5. The number of nitrogens with two attached hydrogens (primary N) is 2. The van der Waals surface area contributed by atoms with Crippen molar-refractivity contribution in [1.29, 1.82) is 0 Å². The Morgan fingerprint density at radius 2 is 1.11 bits per heavy atom. The number of hydrogen-bond acceptors (Lipinski definition) is 10. The first-order chi connectivity index (χ1) is 26.3. The van der Waals surface area contributed by atoms with E-state index in [0.717, 1.165) is 0 Å². The lowest BCUT2D eigenvalue weighted by molar-refractivity contribution is -0.134. The van der Waals surface area contributed by atoms with Gasteiger partial charge >= 0.3 is 0 Å². The van der Waals surface area contributed by atoms with Crippen LogP contribution in [0.15, 0.2) is 48.5 Å². The number of amides is 5. The average Bonchev–Trinajstić information content (AvgIpc) is 3.92. The van der Waals surface area contributed by atoms with Crippen LogP contribution in [0, 0.1) is 13.8 Å². The van der Waals surface area contributed by atoms with Crippen molar-refractivity contribution in [1.82, 2.24) is 43.6 Å². The van der Waals surface area contributed by atoms with Crippen molar-refractivity contribution in [2.45, 2.75) is 53.9 Å². The van der Waals surface area contributed by atoms with E-state index in [-0.39, 0.29) is 49.2 Å². The molecule has 0 saturated heterocycles. The number of anilines is 2. The van der Waals surface area contributed by atoms with Crippen LogP contribution in [0.1, 0.15) is 66.9 Å². The van der Waals surface area contributed by atoms with Crippen molar-refractivity contribution in [2.24, 2.45) is 11.5 Å². The van der Waals surface area contributed by atoms with E-state index in [4.69, 9.17) is 11.5 Å². The highest BCUT2D eigenvalue weighted by Crippen LogP contribution is 2.24. The van der Waals surface area contributed by atoms with Crippen LogP contribution in [-0.4, -0.2) is 97.9 Å². The molecule has 4 heterocycles. The molecule has 19 nitrogen and oxygen atoms in total. The number of nitrogens with one attached hydrogen (secondary N) is 2. The summed E-state index contributed by atoms with van der Waals surface area (Å²) in [7, 11) is 0. The summed E-state index contributed by atoms with van der Waals surface area (Å²) < 4.78 is 6.51. The zero-order chi connectivity index (χ0) is 39.6. The summed E-state index contributed by atoms with van der Waals surface area (Å²) in [4.78, 5) is 74.7. The van der Waals surface area contributed by atoms with Crippen molar-refractivity contribution < 1.29 is 29.1 Å². The molecule has 0 aliphatic rings. The summed E-state index contributed by atoms with van der Waals surface area (Å²) >= 11 is 0. The summed E-state index contributed by atoms with van der Waals surface area (Å²) in [6.45, 7) is 7.73. The molecule has 6 rings (SSSR count). The zero-order valence-electron chi connectivity index (χ0n) is 30.7. The van der Waals surface area contributed by atoms with Crippen molar-refractivity contribution in [3.8, 4) is 0 Å². The normalized spacial score (nSPS) is 11.3. The number of aryl methyl sites for hydroxylation is 4. The molecule has 2 aromatic carbocycles. The number of imidazole rings is 2. The fourth-order valence-corrected chi connectivity index (χ4v) is 6.38. The predicted molar refractivity (Wildman–Crippen MR) is 201 cm³/mol. The Bertz CT molecular complexity index is 2310. The van der Waals surface area contributed by atoms with Crippen molar-refractivity contribution in [3.05, 3.63) is 82.4 Å². The molecule has 286 valence electrons. The average molecular weight is 752 g/mol. The molecular weight excluding hydrogens is 710 g/mol. The third-order valence-electron chi connectivity index (χ3n) is 9.06. The van der Waals surface area contributed by atoms with Crippen molar-refractivity contribution in [3.63, 3.8) is 0 Å². The molecule has 19 heteroatoms. The van der Waals surface area contributed by atoms with E-state index in [2.05, 4.69) is 30.8 Å². The molecule has 7 N–H and O–H groups in total. The van der Waals surface area contributed by atoms with Gasteiger partial charge in [0.1, 0.15) is 18.0 Å². The van der Waals surface area contributed by atoms with Gasteiger partial charge in [0.05, 0.1) is 33.5 Å². The number of benzene rings is 2. The second-order valence-electron chi connectivity index (χ2n) is 12.7. The van der Waals surface area contributed by atoms with Crippen LogP contribution in [0.2, 0.25) is 0 Å². The Kier molecular flexibility index (Phi) is 10.7. The number of fused-ring (bicyclic) bond motifs is 2. The van der Waals surface area contributed by atoms with Crippen LogP contribution in [0.5, 0.6) is 0 Å². The maximum absolute atomic E-state index is 13.5. The molecule has 55 heavy (non-hydrogen) atoms. The van der Waals surface area contributed by atoms with E-state index in [9.17, 15) is 29.1 Å². The largest absolute Gasteiger partial charge is 0.387 e. The number of hydrogen-bond donors (Lipinski definition) is 5. The number of aliphatic hydroxyl groups excluding tert-OH is 1. The van der Waals surface area contributed by atoms with E-state index >= 15 is 0 Å². The second-order valence-corrected chi connectivity index (χ2v) is 12.7. The Hall–Kier alpha value is -6.89. The Labute approximate surface area is 313 Å². The van der Waals surface area contributed by atoms with Crippen LogP contribution < -0.4 is 22.1 Å². The molecule has 0 saturated carbocycles. The van der Waals surface area contributed by atoms with E-state index in [1.165, 1.54) is 17.0 Å². The standard InChI is InChI=1S/C36H41N13O6/c1-5-48-28(15-20(3)43-48)33(54)41-35-39-24-17-22(31(37)52)7-9-26(24)46(35)13-11-45(30(51)19-50)12-14-47-27-10-8-23(32(38)53)18-25(27)40-36(47)42-34(55)29-16-21(4)44-49(29)6-2/h7-10,15-18,50H,5-6,11-14,19H2,1-4H3,(H2,37,52)(H2,38,53)(H,39,41,54)(H,40,42,55). The Balaban J connectivity index is 1.30. The first kappa shape index (κ1) is 37.9. The van der Waals surface area contributed by atoms with Gasteiger partial charge in [-0.25, -0.2) is 9.97 Å². The molecular formula is C36H41N13O6. The summed E-state index contributed by atoms with van der Waals surface area (Å²) in [5.41, 5.74) is 15.3. The van der Waals surface area contributed by atoms with Crippen LogP contribution in [-0.2, 0) is 31.0 Å². The lowest BCUT2D eigenvalue weighted by Gasteiger charge is -2.24. The first-order valence-electron chi connectivity index (χ1n) is 17.5. The summed E-state index contributed by atoms with van der Waals surface area (Å²) in [5.74, 6) is -2.51. The minimum absolute atomic E-state index is 0.0480. The lowest BCUT2D eigenvalue weighted by Crippen LogP contribution is -2.38. The molecule has 0 radical (unpaired) electrons. The van der Waals surface area contributed by atoms with Gasteiger partial charge in [0, 0.05) is 50.4 Å². The highest BCUT2D eigenvalue weighted by Gasteiger charge is 2.23. The van der Waals surface area contributed by atoms with Crippen LogP contribution in [0.4, 0.5) is 11.9 Å². The van der Waals surface area contributed by atoms with Crippen LogP contribution in [0.3, 0.4) is 0 Å². The summed E-state index contributed by atoms with van der Waals surface area (Å²) in [6, 6.07) is 12.7. The zero-order valence-corrected chi connectivity index (χ0v) is 30.7. The Morgan fingerprint density at radius 1 is 0.691 bits per heavy atom. The number of primary amides is 2. The van der Waals surface area contributed by atoms with Gasteiger partial charge in [-0.2, -0.15) is 10.2 Å². The van der Waals surface area contributed by atoms with E-state index in [1.54, 1.807) is 68.7 Å². The molecule has 5 amide bonds. The monoisotopic (exact) mass is 751 g/mol. The Morgan fingerprint density at radius 3 is 1.47 bits per heavy atom. The molecule has 0 atom stereocenters. The van der Waals surface area contributed by atoms with Gasteiger partial charge in [-0.3, -0.25) is 44.0 Å². The van der Waals surface area contributed by atoms with Gasteiger partial charge in [-0.1, -0.05) is 0 Å². The van der Waals surface area contributed by atoms with Gasteiger partial charge in [0.2, 0.25) is 29.6 Å². The molecule has 0 aliphatic carbocycles. The smallest absolute Gasteiger partial charge is 0.276 e. The van der Waals surface area contributed by atoms with Gasteiger partial charge in [0.25, 0.3) is 11.8 Å². The molecule has 0 unspecified atom stereocenters. The molecule has 6 aromatic rings. The number of aliphatic hydroxyl groups is 1. The lowest BCUT2D eigenvalue weighted by atomic mass is 10.2. The SMILES string of the molecule is CCn1nc(C)cc1C(=O)Nc1nc2cc(C(N)=O)ccc2n1CCN(CCn1c(NC(=O)c2cc(C)nn2CC)nc2cc(C(N)=O)ccc21)C(=O)CO. The topological polar surface area (TPSA) is 256 Å². The predicted octanol–water partition coefficient (Wildman–Crippen LogP) is 1.66. The van der Waals surface area contributed by atoms with Gasteiger partial charge in [0.15, 0.2) is 0 Å². The minimum Gasteiger partial charge on any atom is -0.387 e. The highest BCUT2D eigenvalue weighted by atomic mass is 16.3. The third-order valence-corrected chi connectivity index (χ3v) is 9.06. The van der Waals surface area contributed by atoms with Gasteiger partial charge in [-0.05, 0) is 76.2 Å². The summed E-state index contributed by atoms with van der Waals surface area (Å²) in [6.07, 6.45) is 0. The van der Waals surface area contributed by atoms with Gasteiger partial charge < -0.3 is 30.6 Å². The number of rotatable bonds is 15. The van der Waals surface area contributed by atoms with E-state index in [0.29, 0.717) is 57.9 Å². The maximum Gasteiger partial charge on any atom is 0.276 e. The highest BCUT2D eigenvalue weighted by molar-refractivity contribution is 6.04. The minimum atomic E-state index is -0.785. The molecule has 0 aliphatic heterocycles. The molecule has 0 fully saturated rings. The van der Waals surface area contributed by atoms with Crippen LogP contribution >= 0.6 is 0 Å². The second kappa shape index (κ2) is 15.6. The molecule has 0 spiro atoms. The molecule has 0 bridgehead atoms. The number of nitrogens with zero attached hydrogens (tertiary/aromatic N) is 9. The molecule has 4 aromatic heterocycles. The number of carbonyl (C=O) groups excluding carboxylic acids is 5. The van der Waals surface area contributed by atoms with Crippen molar-refractivity contribution >= 4 is 63.5 Å². The quantitative estimate of drug-likeness (QED) is 0.101. The first-order valence-corrected chi connectivity index (χ1v) is 17.5. The van der Waals surface area contributed by atoms with E-state index < -0.39 is 36.1 Å². The fraction of sp³-hybridized carbons (Fsp3) is 0.306. The third kappa shape index (κ3) is 7.77.